The van der Waals surface area contributed by atoms with E-state index in [1.54, 1.807) is 18.4 Å². The minimum atomic E-state index is 0.159. The highest BCUT2D eigenvalue weighted by molar-refractivity contribution is 7.09. The average Bonchev–Trinajstić information content (AvgIpc) is 3.29. The van der Waals surface area contributed by atoms with Crippen LogP contribution in [0.5, 0.6) is 11.5 Å². The van der Waals surface area contributed by atoms with Crippen LogP contribution in [0.4, 0.5) is 0 Å². The highest BCUT2D eigenvalue weighted by Gasteiger charge is 2.17. The van der Waals surface area contributed by atoms with E-state index in [9.17, 15) is 4.79 Å². The number of hydrogen-bond donors (Lipinski definition) is 0. The monoisotopic (exact) mass is 361 g/mol. The van der Waals surface area contributed by atoms with Gasteiger partial charge in [-0.3, -0.25) is 4.79 Å². The number of carbonyl (C=O) groups excluding carboxylic acids is 1. The average molecular weight is 361 g/mol. The van der Waals surface area contributed by atoms with Gasteiger partial charge in [0.2, 0.25) is 12.7 Å². The molecule has 3 rings (SSSR count). The fraction of sp³-hybridized carbons (Fsp3) is 0.421. The molecular formula is C19H23NO4S. The third-order valence-electron chi connectivity index (χ3n) is 4.12. The van der Waals surface area contributed by atoms with Crippen LogP contribution in [0.1, 0.15) is 23.3 Å². The summed E-state index contributed by atoms with van der Waals surface area (Å²) in [6.45, 7) is 1.93. The molecule has 1 amide bonds. The summed E-state index contributed by atoms with van der Waals surface area (Å²) >= 11 is 1.74. The van der Waals surface area contributed by atoms with Gasteiger partial charge in [0.1, 0.15) is 0 Å². The third kappa shape index (κ3) is 4.96. The zero-order valence-corrected chi connectivity index (χ0v) is 15.2. The van der Waals surface area contributed by atoms with E-state index in [0.29, 0.717) is 26.1 Å². The summed E-state index contributed by atoms with van der Waals surface area (Å²) in [5.74, 6) is 1.66. The Balaban J connectivity index is 1.57. The maximum absolute atomic E-state index is 12.6. The van der Waals surface area contributed by atoms with Gasteiger partial charge in [-0.1, -0.05) is 12.1 Å². The number of nitrogens with zero attached hydrogens (tertiary/aromatic N) is 1. The lowest BCUT2D eigenvalue weighted by Crippen LogP contribution is -2.33. The molecule has 0 saturated heterocycles. The fourth-order valence-corrected chi connectivity index (χ4v) is 3.53. The first-order valence-corrected chi connectivity index (χ1v) is 9.32. The molecule has 0 aliphatic carbocycles. The summed E-state index contributed by atoms with van der Waals surface area (Å²) in [5, 5.41) is 2.07. The van der Waals surface area contributed by atoms with Crippen LogP contribution in [0, 0.1) is 0 Å². The van der Waals surface area contributed by atoms with Gasteiger partial charge < -0.3 is 19.1 Å². The summed E-state index contributed by atoms with van der Waals surface area (Å²) in [5.41, 5.74) is 1.03. The number of aryl methyl sites for hydroxylation is 1. The molecule has 0 radical (unpaired) electrons. The zero-order valence-electron chi connectivity index (χ0n) is 14.4. The Morgan fingerprint density at radius 3 is 2.96 bits per heavy atom. The summed E-state index contributed by atoms with van der Waals surface area (Å²) in [7, 11) is 1.65. The lowest BCUT2D eigenvalue weighted by Gasteiger charge is -2.22. The van der Waals surface area contributed by atoms with Gasteiger partial charge in [-0.05, 0) is 42.0 Å². The Morgan fingerprint density at radius 2 is 2.16 bits per heavy atom. The molecule has 6 heteroatoms. The van der Waals surface area contributed by atoms with Gasteiger partial charge in [0.05, 0.1) is 6.61 Å². The standard InChI is InChI=1S/C19H23NO4S/c1-22-10-9-20(19(21)6-2-4-16-5-3-11-25-16)13-15-7-8-17-18(12-15)24-14-23-17/h3,5,7-8,11-12H,2,4,6,9-10,13-14H2,1H3. The number of hydrogen-bond acceptors (Lipinski definition) is 5. The van der Waals surface area contributed by atoms with Crippen LogP contribution in [0.3, 0.4) is 0 Å². The molecule has 0 saturated carbocycles. The van der Waals surface area contributed by atoms with E-state index in [-0.39, 0.29) is 12.7 Å². The van der Waals surface area contributed by atoms with E-state index >= 15 is 0 Å². The van der Waals surface area contributed by atoms with Crippen LogP contribution >= 0.6 is 11.3 Å². The van der Waals surface area contributed by atoms with E-state index in [1.807, 2.05) is 29.2 Å². The predicted molar refractivity (Wildman–Crippen MR) is 97.1 cm³/mol. The van der Waals surface area contributed by atoms with Crippen molar-refractivity contribution in [3.05, 3.63) is 46.2 Å². The third-order valence-corrected chi connectivity index (χ3v) is 5.06. The summed E-state index contributed by atoms with van der Waals surface area (Å²) in [4.78, 5) is 15.8. The Kier molecular flexibility index (Phi) is 6.30. The summed E-state index contributed by atoms with van der Waals surface area (Å²) in [6.07, 6.45) is 2.36. The van der Waals surface area contributed by atoms with Crippen molar-refractivity contribution in [2.45, 2.75) is 25.8 Å². The van der Waals surface area contributed by atoms with Crippen molar-refractivity contribution in [2.24, 2.45) is 0 Å². The van der Waals surface area contributed by atoms with E-state index in [1.165, 1.54) is 4.88 Å². The second-order valence-corrected chi connectivity index (χ2v) is 6.96. The number of thiophene rings is 1. The molecule has 2 heterocycles. The van der Waals surface area contributed by atoms with Crippen LogP contribution in [0.25, 0.3) is 0 Å². The second kappa shape index (κ2) is 8.87. The summed E-state index contributed by atoms with van der Waals surface area (Å²) < 4.78 is 15.9. The van der Waals surface area contributed by atoms with Crippen molar-refractivity contribution in [1.82, 2.24) is 4.90 Å². The smallest absolute Gasteiger partial charge is 0.231 e. The maximum atomic E-state index is 12.6. The molecule has 2 aromatic rings. The van der Waals surface area contributed by atoms with Crippen LogP contribution in [0.15, 0.2) is 35.7 Å². The number of carbonyl (C=O) groups is 1. The molecule has 0 spiro atoms. The molecule has 134 valence electrons. The van der Waals surface area contributed by atoms with Crippen molar-refractivity contribution >= 4 is 17.2 Å². The van der Waals surface area contributed by atoms with Crippen molar-refractivity contribution in [3.63, 3.8) is 0 Å². The van der Waals surface area contributed by atoms with E-state index in [4.69, 9.17) is 14.2 Å². The fourth-order valence-electron chi connectivity index (χ4n) is 2.78. The van der Waals surface area contributed by atoms with Crippen LogP contribution < -0.4 is 9.47 Å². The van der Waals surface area contributed by atoms with Gasteiger partial charge >= 0.3 is 0 Å². The van der Waals surface area contributed by atoms with Gasteiger partial charge in [-0.2, -0.15) is 0 Å². The van der Waals surface area contributed by atoms with E-state index < -0.39 is 0 Å². The van der Waals surface area contributed by atoms with Gasteiger partial charge in [0.15, 0.2) is 11.5 Å². The zero-order chi connectivity index (χ0) is 17.5. The lowest BCUT2D eigenvalue weighted by atomic mass is 10.1. The molecule has 0 N–H and O–H groups in total. The normalized spacial score (nSPS) is 12.4. The van der Waals surface area contributed by atoms with Gasteiger partial charge in [0, 0.05) is 31.5 Å². The molecular weight excluding hydrogens is 338 g/mol. The molecule has 0 unspecified atom stereocenters. The largest absolute Gasteiger partial charge is 0.454 e. The number of rotatable bonds is 9. The van der Waals surface area contributed by atoms with Crippen molar-refractivity contribution < 1.29 is 19.0 Å². The SMILES string of the molecule is COCCN(Cc1ccc2c(c1)OCO2)C(=O)CCCc1cccs1. The first kappa shape index (κ1) is 17.8. The van der Waals surface area contributed by atoms with Crippen molar-refractivity contribution in [2.75, 3.05) is 27.1 Å². The molecule has 1 aliphatic heterocycles. The molecule has 0 atom stereocenters. The van der Waals surface area contributed by atoms with Gasteiger partial charge in [-0.25, -0.2) is 0 Å². The van der Waals surface area contributed by atoms with Crippen molar-refractivity contribution in [1.29, 1.82) is 0 Å². The second-order valence-electron chi connectivity index (χ2n) is 5.93. The summed E-state index contributed by atoms with van der Waals surface area (Å²) in [6, 6.07) is 9.98. The molecule has 1 aliphatic rings. The first-order valence-electron chi connectivity index (χ1n) is 8.44. The molecule has 0 bridgehead atoms. The van der Waals surface area contributed by atoms with Crippen LogP contribution in [0.2, 0.25) is 0 Å². The molecule has 5 nitrogen and oxygen atoms in total. The van der Waals surface area contributed by atoms with Gasteiger partial charge in [0.25, 0.3) is 0 Å². The van der Waals surface area contributed by atoms with E-state index in [2.05, 4.69) is 11.4 Å². The van der Waals surface area contributed by atoms with Crippen LogP contribution in [-0.4, -0.2) is 37.9 Å². The number of methoxy groups -OCH3 is 1. The minimum absolute atomic E-state index is 0.159. The molecule has 1 aromatic carbocycles. The first-order chi connectivity index (χ1) is 12.3. The number of fused-ring (bicyclic) bond motifs is 1. The number of benzene rings is 1. The number of amides is 1. The minimum Gasteiger partial charge on any atom is -0.454 e. The number of ether oxygens (including phenoxy) is 3. The predicted octanol–water partition coefficient (Wildman–Crippen LogP) is 3.47. The highest BCUT2D eigenvalue weighted by Crippen LogP contribution is 2.32. The van der Waals surface area contributed by atoms with E-state index in [0.717, 1.165) is 29.9 Å². The topological polar surface area (TPSA) is 48.0 Å². The molecule has 1 aromatic heterocycles. The molecule has 0 fully saturated rings. The molecule has 25 heavy (non-hydrogen) atoms. The Labute approximate surface area is 152 Å². The Morgan fingerprint density at radius 1 is 1.28 bits per heavy atom. The Bertz CT molecular complexity index is 687. The van der Waals surface area contributed by atoms with Gasteiger partial charge in [-0.15, -0.1) is 11.3 Å². The highest BCUT2D eigenvalue weighted by atomic mass is 32.1. The Hall–Kier alpha value is -2.05. The maximum Gasteiger partial charge on any atom is 0.231 e. The lowest BCUT2D eigenvalue weighted by molar-refractivity contribution is -0.132. The quantitative estimate of drug-likeness (QED) is 0.686. The van der Waals surface area contributed by atoms with Crippen LogP contribution in [-0.2, 0) is 22.5 Å². The van der Waals surface area contributed by atoms with Crippen molar-refractivity contribution in [3.8, 4) is 11.5 Å².